The summed E-state index contributed by atoms with van der Waals surface area (Å²) in [5.41, 5.74) is 1.25. The third-order valence-corrected chi connectivity index (χ3v) is 2.29. The van der Waals surface area contributed by atoms with Crippen molar-refractivity contribution in [1.29, 1.82) is 0 Å². The Kier molecular flexibility index (Phi) is 2.50. The molecule has 2 aromatic rings. The summed E-state index contributed by atoms with van der Waals surface area (Å²) < 4.78 is 14.3. The van der Waals surface area contributed by atoms with E-state index in [0.717, 1.165) is 5.69 Å². The molecule has 1 aromatic heterocycles. The molecule has 0 amide bonds. The molecule has 0 spiro atoms. The molecule has 0 atom stereocenters. The lowest BCUT2D eigenvalue weighted by atomic mass is 10.3. The average molecular weight is 211 g/mol. The van der Waals surface area contributed by atoms with Gasteiger partial charge in [0.05, 0.1) is 5.69 Å². The Morgan fingerprint density at radius 3 is 2.64 bits per heavy atom. The molecule has 0 aliphatic heterocycles. The van der Waals surface area contributed by atoms with E-state index >= 15 is 0 Å². The molecule has 4 heteroatoms. The first-order chi connectivity index (χ1) is 6.83. The van der Waals surface area contributed by atoms with Gasteiger partial charge >= 0.3 is 0 Å². The van der Waals surface area contributed by atoms with Crippen LogP contribution in [0.4, 0.5) is 4.39 Å². The number of benzene rings is 1. The molecule has 14 heavy (non-hydrogen) atoms. The topological polar surface area (TPSA) is 17.8 Å². The minimum Gasteiger partial charge on any atom is -0.299 e. The largest absolute Gasteiger partial charge is 0.299 e. The van der Waals surface area contributed by atoms with Crippen molar-refractivity contribution in [3.63, 3.8) is 0 Å². The molecule has 0 aliphatic rings. The fraction of sp³-hybridized carbons (Fsp3) is 0.100. The predicted octanol–water partition coefficient (Wildman–Crippen LogP) is 3.00. The summed E-state index contributed by atoms with van der Waals surface area (Å²) in [7, 11) is 0. The Labute approximate surface area is 86.0 Å². The van der Waals surface area contributed by atoms with E-state index in [1.807, 2.05) is 30.3 Å². The first-order valence-corrected chi connectivity index (χ1v) is 4.54. The van der Waals surface area contributed by atoms with Gasteiger partial charge in [0.1, 0.15) is 13.0 Å². The van der Waals surface area contributed by atoms with Gasteiger partial charge in [-0.15, -0.1) is 0 Å². The molecular formula is C10H8ClFN2. The van der Waals surface area contributed by atoms with Gasteiger partial charge in [0.15, 0.2) is 5.15 Å². The van der Waals surface area contributed by atoms with Crippen molar-refractivity contribution in [1.82, 2.24) is 9.55 Å². The van der Waals surface area contributed by atoms with Crippen LogP contribution >= 0.6 is 11.6 Å². The zero-order valence-corrected chi connectivity index (χ0v) is 8.08. The van der Waals surface area contributed by atoms with Crippen LogP contribution in [0.3, 0.4) is 0 Å². The molecule has 0 fully saturated rings. The summed E-state index contributed by atoms with van der Waals surface area (Å²) in [4.78, 5) is 3.85. The second kappa shape index (κ2) is 3.80. The van der Waals surface area contributed by atoms with Crippen LogP contribution in [-0.2, 0) is 6.67 Å². The Balaban J connectivity index is 2.52. The zero-order chi connectivity index (χ0) is 9.97. The highest BCUT2D eigenvalue weighted by molar-refractivity contribution is 6.30. The molecule has 1 heterocycles. The van der Waals surface area contributed by atoms with E-state index in [2.05, 4.69) is 4.98 Å². The van der Waals surface area contributed by atoms with Gasteiger partial charge in [0, 0.05) is 5.69 Å². The van der Waals surface area contributed by atoms with Crippen LogP contribution in [0, 0.1) is 0 Å². The maximum Gasteiger partial charge on any atom is 0.153 e. The second-order valence-electron chi connectivity index (χ2n) is 2.82. The highest BCUT2D eigenvalue weighted by Crippen LogP contribution is 2.19. The minimum absolute atomic E-state index is 0.219. The quantitative estimate of drug-likeness (QED) is 0.745. The van der Waals surface area contributed by atoms with Crippen LogP contribution in [0.25, 0.3) is 5.69 Å². The van der Waals surface area contributed by atoms with Gasteiger partial charge in [0.2, 0.25) is 0 Å². The van der Waals surface area contributed by atoms with E-state index in [9.17, 15) is 4.39 Å². The molecule has 0 saturated carbocycles. The summed E-state index contributed by atoms with van der Waals surface area (Å²) in [5.74, 6) is 0. The fourth-order valence-corrected chi connectivity index (χ4v) is 1.47. The van der Waals surface area contributed by atoms with Gasteiger partial charge in [-0.05, 0) is 12.1 Å². The lowest BCUT2D eigenvalue weighted by molar-refractivity contribution is 0.471. The maximum absolute atomic E-state index is 12.6. The fourth-order valence-electron chi connectivity index (χ4n) is 1.28. The van der Waals surface area contributed by atoms with E-state index in [-0.39, 0.29) is 5.15 Å². The normalized spacial score (nSPS) is 10.4. The van der Waals surface area contributed by atoms with Crippen molar-refractivity contribution in [2.45, 2.75) is 6.67 Å². The third-order valence-electron chi connectivity index (χ3n) is 1.98. The number of halogens is 2. The molecule has 0 aliphatic carbocycles. The molecular weight excluding hydrogens is 203 g/mol. The van der Waals surface area contributed by atoms with Crippen molar-refractivity contribution >= 4 is 11.6 Å². The van der Waals surface area contributed by atoms with Crippen LogP contribution < -0.4 is 0 Å². The molecule has 2 rings (SSSR count). The van der Waals surface area contributed by atoms with Crippen molar-refractivity contribution in [3.05, 3.63) is 47.5 Å². The Morgan fingerprint density at radius 2 is 2.00 bits per heavy atom. The summed E-state index contributed by atoms with van der Waals surface area (Å²) >= 11 is 5.72. The predicted molar refractivity (Wildman–Crippen MR) is 53.4 cm³/mol. The Morgan fingerprint density at radius 1 is 1.29 bits per heavy atom. The molecule has 0 saturated heterocycles. The standard InChI is InChI=1S/C10H8ClFN2/c11-10-9(6-12)14(7-13-10)8-4-2-1-3-5-8/h1-5,7H,6H2. The van der Waals surface area contributed by atoms with Crippen molar-refractivity contribution in [2.24, 2.45) is 0 Å². The molecule has 0 N–H and O–H groups in total. The SMILES string of the molecule is FCc1c(Cl)ncn1-c1ccccc1. The van der Waals surface area contributed by atoms with Crippen LogP contribution in [0.15, 0.2) is 36.7 Å². The third kappa shape index (κ3) is 1.51. The van der Waals surface area contributed by atoms with Crippen LogP contribution in [0.5, 0.6) is 0 Å². The van der Waals surface area contributed by atoms with E-state index < -0.39 is 6.67 Å². The summed E-state index contributed by atoms with van der Waals surface area (Å²) in [6, 6.07) is 9.40. The summed E-state index contributed by atoms with van der Waals surface area (Å²) in [6.45, 7) is -0.617. The number of para-hydroxylation sites is 1. The van der Waals surface area contributed by atoms with Gasteiger partial charge < -0.3 is 0 Å². The van der Waals surface area contributed by atoms with Gasteiger partial charge in [-0.3, -0.25) is 4.57 Å². The van der Waals surface area contributed by atoms with Crippen LogP contribution in [0.1, 0.15) is 5.69 Å². The number of rotatable bonds is 2. The lowest BCUT2D eigenvalue weighted by Gasteiger charge is -2.04. The van der Waals surface area contributed by atoms with E-state index in [1.165, 1.54) is 6.33 Å². The number of aromatic nitrogens is 2. The Bertz CT molecular complexity index is 425. The van der Waals surface area contributed by atoms with E-state index in [4.69, 9.17) is 11.6 Å². The van der Waals surface area contributed by atoms with E-state index in [1.54, 1.807) is 4.57 Å². The minimum atomic E-state index is -0.617. The van der Waals surface area contributed by atoms with Crippen LogP contribution in [0.2, 0.25) is 5.15 Å². The Hall–Kier alpha value is -1.35. The second-order valence-corrected chi connectivity index (χ2v) is 3.18. The highest BCUT2D eigenvalue weighted by Gasteiger charge is 2.09. The summed E-state index contributed by atoms with van der Waals surface area (Å²) in [6.07, 6.45) is 1.52. The van der Waals surface area contributed by atoms with Crippen LogP contribution in [-0.4, -0.2) is 9.55 Å². The smallest absolute Gasteiger partial charge is 0.153 e. The molecule has 2 nitrogen and oxygen atoms in total. The first kappa shape index (κ1) is 9.21. The monoisotopic (exact) mass is 210 g/mol. The molecule has 72 valence electrons. The maximum atomic E-state index is 12.6. The molecule has 0 bridgehead atoms. The van der Waals surface area contributed by atoms with Gasteiger partial charge in [0.25, 0.3) is 0 Å². The molecule has 1 aromatic carbocycles. The number of hydrogen-bond donors (Lipinski definition) is 0. The lowest BCUT2D eigenvalue weighted by Crippen LogP contribution is -1.96. The van der Waals surface area contributed by atoms with Gasteiger partial charge in [-0.2, -0.15) is 0 Å². The van der Waals surface area contributed by atoms with Crippen molar-refractivity contribution < 1.29 is 4.39 Å². The van der Waals surface area contributed by atoms with Crippen molar-refractivity contribution in [3.8, 4) is 5.69 Å². The number of hydrogen-bond acceptors (Lipinski definition) is 1. The van der Waals surface area contributed by atoms with Gasteiger partial charge in [-0.1, -0.05) is 29.8 Å². The molecule has 0 unspecified atom stereocenters. The number of alkyl halides is 1. The zero-order valence-electron chi connectivity index (χ0n) is 7.32. The first-order valence-electron chi connectivity index (χ1n) is 4.16. The summed E-state index contributed by atoms with van der Waals surface area (Å²) in [5, 5.41) is 0.219. The van der Waals surface area contributed by atoms with E-state index in [0.29, 0.717) is 5.69 Å². The average Bonchev–Trinajstić information content (AvgIpc) is 2.61. The van der Waals surface area contributed by atoms with Crippen molar-refractivity contribution in [2.75, 3.05) is 0 Å². The molecule has 0 radical (unpaired) electrons. The number of imidazole rings is 1. The highest BCUT2D eigenvalue weighted by atomic mass is 35.5. The number of nitrogens with zero attached hydrogens (tertiary/aromatic N) is 2. The van der Waals surface area contributed by atoms with Gasteiger partial charge in [-0.25, -0.2) is 9.37 Å².